The molecule has 1 aromatic rings. The van der Waals surface area contributed by atoms with Crippen LogP contribution in [0.2, 0.25) is 0 Å². The Morgan fingerprint density at radius 3 is 3.21 bits per heavy atom. The van der Waals surface area contributed by atoms with Gasteiger partial charge in [-0.25, -0.2) is 0 Å². The number of ether oxygens (including phenoxy) is 1. The fourth-order valence-corrected chi connectivity index (χ4v) is 2.20. The molecule has 0 aliphatic carbocycles. The highest BCUT2D eigenvalue weighted by molar-refractivity contribution is 5.77. The fourth-order valence-electron chi connectivity index (χ4n) is 2.20. The van der Waals surface area contributed by atoms with E-state index in [1.54, 1.807) is 0 Å². The maximum absolute atomic E-state index is 11.6. The average molecular weight is 262 g/mol. The minimum atomic E-state index is -0.0538. The second-order valence-corrected chi connectivity index (χ2v) is 4.81. The van der Waals surface area contributed by atoms with Crippen molar-refractivity contribution in [3.63, 3.8) is 0 Å². The summed E-state index contributed by atoms with van der Waals surface area (Å²) in [7, 11) is 0. The van der Waals surface area contributed by atoms with Crippen molar-refractivity contribution in [3.8, 4) is 5.75 Å². The molecule has 0 unspecified atom stereocenters. The van der Waals surface area contributed by atoms with Crippen LogP contribution in [0.1, 0.15) is 31.7 Å². The number of carbonyl (C=O) groups excluding carboxylic acids is 1. The summed E-state index contributed by atoms with van der Waals surface area (Å²) in [5.74, 6) is 0.727. The molecule has 2 N–H and O–H groups in total. The van der Waals surface area contributed by atoms with E-state index in [4.69, 9.17) is 4.74 Å². The molecule has 4 nitrogen and oxygen atoms in total. The van der Waals surface area contributed by atoms with E-state index in [0.717, 1.165) is 50.2 Å². The van der Waals surface area contributed by atoms with Gasteiger partial charge in [-0.05, 0) is 30.9 Å². The van der Waals surface area contributed by atoms with Gasteiger partial charge in [0.25, 0.3) is 5.91 Å². The lowest BCUT2D eigenvalue weighted by atomic mass is 10.0. The third kappa shape index (κ3) is 3.88. The van der Waals surface area contributed by atoms with Crippen LogP contribution in [0.3, 0.4) is 0 Å². The van der Waals surface area contributed by atoms with E-state index in [1.165, 1.54) is 5.56 Å². The van der Waals surface area contributed by atoms with Crippen molar-refractivity contribution in [3.05, 3.63) is 23.8 Å². The lowest BCUT2D eigenvalue weighted by Crippen LogP contribution is -2.29. The normalized spacial score (nSPS) is 13.3. The summed E-state index contributed by atoms with van der Waals surface area (Å²) in [6.45, 7) is 3.88. The highest BCUT2D eigenvalue weighted by Gasteiger charge is 2.13. The monoisotopic (exact) mass is 262 g/mol. The lowest BCUT2D eigenvalue weighted by molar-refractivity contribution is -0.123. The summed E-state index contributed by atoms with van der Waals surface area (Å²) >= 11 is 0. The van der Waals surface area contributed by atoms with Crippen LogP contribution in [-0.4, -0.2) is 25.6 Å². The van der Waals surface area contributed by atoms with Crippen molar-refractivity contribution in [2.24, 2.45) is 0 Å². The Labute approximate surface area is 114 Å². The molecule has 0 radical (unpaired) electrons. The predicted molar refractivity (Wildman–Crippen MR) is 76.7 cm³/mol. The van der Waals surface area contributed by atoms with Gasteiger partial charge in [-0.3, -0.25) is 4.79 Å². The summed E-state index contributed by atoms with van der Waals surface area (Å²) in [6, 6.07) is 6.00. The second kappa shape index (κ2) is 7.02. The molecule has 0 bridgehead atoms. The zero-order valence-corrected chi connectivity index (χ0v) is 11.5. The van der Waals surface area contributed by atoms with Crippen molar-refractivity contribution >= 4 is 11.6 Å². The molecule has 4 heteroatoms. The molecule has 1 aromatic carbocycles. The first kappa shape index (κ1) is 13.7. The van der Waals surface area contributed by atoms with Gasteiger partial charge in [0.15, 0.2) is 6.61 Å². The van der Waals surface area contributed by atoms with Crippen molar-refractivity contribution in [2.45, 2.75) is 32.6 Å². The summed E-state index contributed by atoms with van der Waals surface area (Å²) in [6.07, 6.45) is 4.31. The van der Waals surface area contributed by atoms with Gasteiger partial charge in [-0.1, -0.05) is 25.5 Å². The first-order chi connectivity index (χ1) is 9.31. The van der Waals surface area contributed by atoms with Gasteiger partial charge in [0.1, 0.15) is 5.75 Å². The van der Waals surface area contributed by atoms with Crippen LogP contribution >= 0.6 is 0 Å². The topological polar surface area (TPSA) is 50.4 Å². The standard InChI is InChI=1S/C15H22N2O2/c1-2-3-9-16-14(18)11-19-13-8-4-6-12-7-5-10-17-15(12)13/h4,6,8,17H,2-3,5,7,9-11H2,1H3,(H,16,18). The fraction of sp³-hybridized carbons (Fsp3) is 0.533. The number of anilines is 1. The summed E-state index contributed by atoms with van der Waals surface area (Å²) in [4.78, 5) is 11.6. The number of rotatable bonds is 6. The molecule has 0 saturated carbocycles. The van der Waals surface area contributed by atoms with Crippen molar-refractivity contribution in [2.75, 3.05) is 25.0 Å². The Kier molecular flexibility index (Phi) is 5.07. The number of fused-ring (bicyclic) bond motifs is 1. The Balaban J connectivity index is 1.87. The van der Waals surface area contributed by atoms with Crippen LogP contribution in [0.4, 0.5) is 5.69 Å². The van der Waals surface area contributed by atoms with Crippen LogP contribution < -0.4 is 15.4 Å². The maximum Gasteiger partial charge on any atom is 0.257 e. The summed E-state index contributed by atoms with van der Waals surface area (Å²) < 4.78 is 5.62. The zero-order valence-electron chi connectivity index (χ0n) is 11.5. The van der Waals surface area contributed by atoms with Gasteiger partial charge < -0.3 is 15.4 Å². The molecule has 1 amide bonds. The third-order valence-corrected chi connectivity index (χ3v) is 3.25. The molecular weight excluding hydrogens is 240 g/mol. The highest BCUT2D eigenvalue weighted by Crippen LogP contribution is 2.31. The van der Waals surface area contributed by atoms with Gasteiger partial charge in [0.2, 0.25) is 0 Å². The first-order valence-corrected chi connectivity index (χ1v) is 7.06. The van der Waals surface area contributed by atoms with E-state index in [1.807, 2.05) is 12.1 Å². The molecule has 104 valence electrons. The molecule has 0 aromatic heterocycles. The molecule has 2 rings (SSSR count). The molecule has 1 aliphatic heterocycles. The van der Waals surface area contributed by atoms with Crippen molar-refractivity contribution < 1.29 is 9.53 Å². The number of carbonyl (C=O) groups is 1. The van der Waals surface area contributed by atoms with E-state index in [2.05, 4.69) is 23.6 Å². The van der Waals surface area contributed by atoms with E-state index in [-0.39, 0.29) is 12.5 Å². The Morgan fingerprint density at radius 2 is 2.37 bits per heavy atom. The molecule has 19 heavy (non-hydrogen) atoms. The third-order valence-electron chi connectivity index (χ3n) is 3.25. The van der Waals surface area contributed by atoms with Gasteiger partial charge in [-0.2, -0.15) is 0 Å². The van der Waals surface area contributed by atoms with Crippen LogP contribution in [0.15, 0.2) is 18.2 Å². The Hall–Kier alpha value is -1.71. The minimum Gasteiger partial charge on any atom is -0.482 e. The molecule has 1 heterocycles. The Morgan fingerprint density at radius 1 is 1.47 bits per heavy atom. The Bertz CT molecular complexity index is 432. The molecular formula is C15H22N2O2. The maximum atomic E-state index is 11.6. The first-order valence-electron chi connectivity index (χ1n) is 7.06. The zero-order chi connectivity index (χ0) is 13.5. The molecule has 0 spiro atoms. The van der Waals surface area contributed by atoms with Gasteiger partial charge >= 0.3 is 0 Å². The number of benzene rings is 1. The summed E-state index contributed by atoms with van der Waals surface area (Å²) in [5.41, 5.74) is 2.32. The average Bonchev–Trinajstić information content (AvgIpc) is 2.45. The smallest absolute Gasteiger partial charge is 0.257 e. The quantitative estimate of drug-likeness (QED) is 0.774. The number of hydrogen-bond acceptors (Lipinski definition) is 3. The number of hydrogen-bond donors (Lipinski definition) is 2. The van der Waals surface area contributed by atoms with Crippen molar-refractivity contribution in [1.82, 2.24) is 5.32 Å². The number of amides is 1. The van der Waals surface area contributed by atoms with E-state index < -0.39 is 0 Å². The SMILES string of the molecule is CCCCNC(=O)COc1cccc2c1NCCC2. The number of unbranched alkanes of at least 4 members (excludes halogenated alkanes) is 1. The van der Waals surface area contributed by atoms with Gasteiger partial charge in [0, 0.05) is 13.1 Å². The van der Waals surface area contributed by atoms with Crippen LogP contribution in [-0.2, 0) is 11.2 Å². The van der Waals surface area contributed by atoms with Crippen LogP contribution in [0.5, 0.6) is 5.75 Å². The molecule has 0 atom stereocenters. The second-order valence-electron chi connectivity index (χ2n) is 4.81. The van der Waals surface area contributed by atoms with Crippen LogP contribution in [0, 0.1) is 0 Å². The minimum absolute atomic E-state index is 0.0538. The van der Waals surface area contributed by atoms with Gasteiger partial charge in [-0.15, -0.1) is 0 Å². The number of aryl methyl sites for hydroxylation is 1. The molecule has 0 fully saturated rings. The van der Waals surface area contributed by atoms with Crippen LogP contribution in [0.25, 0.3) is 0 Å². The van der Waals surface area contributed by atoms with Gasteiger partial charge in [0.05, 0.1) is 5.69 Å². The molecule has 1 aliphatic rings. The number of para-hydroxylation sites is 1. The van der Waals surface area contributed by atoms with E-state index in [0.29, 0.717) is 0 Å². The van der Waals surface area contributed by atoms with E-state index in [9.17, 15) is 4.79 Å². The summed E-state index contributed by atoms with van der Waals surface area (Å²) in [5, 5.41) is 6.20. The van der Waals surface area contributed by atoms with E-state index >= 15 is 0 Å². The largest absolute Gasteiger partial charge is 0.482 e. The molecule has 0 saturated heterocycles. The highest BCUT2D eigenvalue weighted by atomic mass is 16.5. The predicted octanol–water partition coefficient (Wildman–Crippen LogP) is 2.34. The number of nitrogens with one attached hydrogen (secondary N) is 2. The lowest BCUT2D eigenvalue weighted by Gasteiger charge is -2.21. The van der Waals surface area contributed by atoms with Crippen molar-refractivity contribution in [1.29, 1.82) is 0 Å².